The zero-order valence-electron chi connectivity index (χ0n) is 14.6. The van der Waals surface area contributed by atoms with E-state index < -0.39 is 5.41 Å². The zero-order chi connectivity index (χ0) is 18.6. The highest BCUT2D eigenvalue weighted by Crippen LogP contribution is 2.43. The van der Waals surface area contributed by atoms with E-state index in [1.807, 2.05) is 24.3 Å². The number of amides is 2. The molecule has 0 saturated carbocycles. The number of carbonyl (C=O) groups is 2. The van der Waals surface area contributed by atoms with E-state index in [9.17, 15) is 14.0 Å². The number of hydrogen-bond acceptors (Lipinski definition) is 2. The van der Waals surface area contributed by atoms with Crippen molar-refractivity contribution in [2.45, 2.75) is 18.3 Å². The molecule has 1 aromatic heterocycles. The number of anilines is 1. The molecule has 1 saturated heterocycles. The molecule has 5 nitrogen and oxygen atoms in total. The summed E-state index contributed by atoms with van der Waals surface area (Å²) in [6.45, 7) is 0.943. The number of fused-ring (bicyclic) bond motifs is 3. The summed E-state index contributed by atoms with van der Waals surface area (Å²) in [6.07, 6.45) is 1.47. The van der Waals surface area contributed by atoms with Crippen LogP contribution < -0.4 is 5.32 Å². The van der Waals surface area contributed by atoms with Crippen molar-refractivity contribution in [1.82, 2.24) is 9.88 Å². The van der Waals surface area contributed by atoms with Crippen LogP contribution in [0.5, 0.6) is 0 Å². The van der Waals surface area contributed by atoms with Gasteiger partial charge in [-0.1, -0.05) is 18.2 Å². The average molecular weight is 363 g/mol. The van der Waals surface area contributed by atoms with Crippen LogP contribution in [0, 0.1) is 5.82 Å². The van der Waals surface area contributed by atoms with Gasteiger partial charge < -0.3 is 15.2 Å². The topological polar surface area (TPSA) is 65.2 Å². The van der Waals surface area contributed by atoms with Gasteiger partial charge in [0.15, 0.2) is 0 Å². The fraction of sp³-hybridized carbons (Fsp3) is 0.238. The number of rotatable bonds is 1. The Labute approximate surface area is 155 Å². The Kier molecular flexibility index (Phi) is 3.37. The molecule has 3 heterocycles. The molecule has 5 rings (SSSR count). The first kappa shape index (κ1) is 16.1. The summed E-state index contributed by atoms with van der Waals surface area (Å²) < 4.78 is 13.4. The number of nitrogens with zero attached hydrogens (tertiary/aromatic N) is 1. The van der Waals surface area contributed by atoms with Gasteiger partial charge in [0.2, 0.25) is 5.91 Å². The minimum atomic E-state index is -0.692. The smallest absolute Gasteiger partial charge is 0.270 e. The molecule has 2 amide bonds. The average Bonchev–Trinajstić information content (AvgIpc) is 3.21. The van der Waals surface area contributed by atoms with Crippen molar-refractivity contribution < 1.29 is 14.0 Å². The van der Waals surface area contributed by atoms with Crippen molar-refractivity contribution in [3.05, 3.63) is 65.6 Å². The van der Waals surface area contributed by atoms with E-state index in [-0.39, 0.29) is 17.6 Å². The first-order valence-corrected chi connectivity index (χ1v) is 9.05. The summed E-state index contributed by atoms with van der Waals surface area (Å²) >= 11 is 0. The molecule has 3 aromatic rings. The van der Waals surface area contributed by atoms with Gasteiger partial charge in [0, 0.05) is 29.7 Å². The quantitative estimate of drug-likeness (QED) is 0.696. The van der Waals surface area contributed by atoms with Gasteiger partial charge in [-0.05, 0) is 48.7 Å². The number of benzene rings is 2. The minimum Gasteiger partial charge on any atom is -0.351 e. The third-order valence-electron chi connectivity index (χ3n) is 5.72. The minimum absolute atomic E-state index is 0.0417. The van der Waals surface area contributed by atoms with Gasteiger partial charge in [-0.2, -0.15) is 0 Å². The van der Waals surface area contributed by atoms with Crippen molar-refractivity contribution in [3.8, 4) is 0 Å². The van der Waals surface area contributed by atoms with Crippen LogP contribution in [0.15, 0.2) is 48.5 Å². The maximum atomic E-state index is 13.4. The van der Waals surface area contributed by atoms with Crippen LogP contribution in [0.1, 0.15) is 28.9 Å². The molecule has 0 bridgehead atoms. The van der Waals surface area contributed by atoms with E-state index in [2.05, 4.69) is 10.3 Å². The van der Waals surface area contributed by atoms with Crippen LogP contribution in [0.3, 0.4) is 0 Å². The van der Waals surface area contributed by atoms with Gasteiger partial charge >= 0.3 is 0 Å². The Morgan fingerprint density at radius 3 is 2.89 bits per heavy atom. The largest absolute Gasteiger partial charge is 0.351 e. The molecule has 6 heteroatoms. The molecule has 1 unspecified atom stereocenters. The summed E-state index contributed by atoms with van der Waals surface area (Å²) in [4.78, 5) is 30.7. The predicted molar refractivity (Wildman–Crippen MR) is 100 cm³/mol. The number of nitrogens with one attached hydrogen (secondary N) is 2. The lowest BCUT2D eigenvalue weighted by Gasteiger charge is -2.38. The number of likely N-dealkylation sites (tertiary alicyclic amines) is 1. The third-order valence-corrected chi connectivity index (χ3v) is 5.72. The molecule has 0 radical (unpaired) electrons. The molecule has 1 spiro atoms. The second-order valence-electron chi connectivity index (χ2n) is 7.33. The second-order valence-corrected chi connectivity index (χ2v) is 7.33. The third kappa shape index (κ3) is 2.36. The van der Waals surface area contributed by atoms with E-state index in [1.165, 1.54) is 12.1 Å². The highest BCUT2D eigenvalue weighted by molar-refractivity contribution is 6.07. The molecule has 27 heavy (non-hydrogen) atoms. The number of hydrogen-bond donors (Lipinski definition) is 2. The summed E-state index contributed by atoms with van der Waals surface area (Å²) in [5, 5.41) is 3.62. The molecule has 1 atom stereocenters. The highest BCUT2D eigenvalue weighted by atomic mass is 19.1. The molecule has 0 aliphatic carbocycles. The molecule has 1 fully saturated rings. The summed E-state index contributed by atoms with van der Waals surface area (Å²) in [6, 6.07) is 13.7. The van der Waals surface area contributed by atoms with E-state index in [1.54, 1.807) is 17.0 Å². The van der Waals surface area contributed by atoms with Crippen LogP contribution in [0.4, 0.5) is 10.1 Å². The van der Waals surface area contributed by atoms with Crippen LogP contribution in [0.25, 0.3) is 10.9 Å². The molecule has 2 N–H and O–H groups in total. The summed E-state index contributed by atoms with van der Waals surface area (Å²) in [7, 11) is 0. The zero-order valence-corrected chi connectivity index (χ0v) is 14.6. The normalized spacial score (nSPS) is 21.5. The second kappa shape index (κ2) is 5.67. The Morgan fingerprint density at radius 1 is 1.15 bits per heavy atom. The van der Waals surface area contributed by atoms with E-state index >= 15 is 0 Å². The maximum absolute atomic E-state index is 13.4. The Morgan fingerprint density at radius 2 is 2.00 bits per heavy atom. The van der Waals surface area contributed by atoms with Gasteiger partial charge in [0.05, 0.1) is 5.41 Å². The molecular formula is C21H18FN3O2. The van der Waals surface area contributed by atoms with E-state index in [0.717, 1.165) is 29.6 Å². The number of aromatic nitrogens is 1. The van der Waals surface area contributed by atoms with Crippen LogP contribution >= 0.6 is 0 Å². The number of carbonyl (C=O) groups excluding carboxylic acids is 2. The number of aromatic amines is 1. The van der Waals surface area contributed by atoms with E-state index in [0.29, 0.717) is 24.2 Å². The fourth-order valence-corrected chi connectivity index (χ4v) is 4.40. The Balaban J connectivity index is 1.49. The van der Waals surface area contributed by atoms with Gasteiger partial charge in [-0.3, -0.25) is 9.59 Å². The summed E-state index contributed by atoms with van der Waals surface area (Å²) in [5.41, 5.74) is 2.24. The highest BCUT2D eigenvalue weighted by Gasteiger charge is 2.49. The molecule has 2 aliphatic rings. The van der Waals surface area contributed by atoms with Gasteiger partial charge in [-0.25, -0.2) is 4.39 Å². The molecule has 136 valence electrons. The molecular weight excluding hydrogens is 345 g/mol. The first-order valence-electron chi connectivity index (χ1n) is 9.05. The van der Waals surface area contributed by atoms with Crippen molar-refractivity contribution >= 4 is 28.4 Å². The maximum Gasteiger partial charge on any atom is 0.270 e. The Hall–Kier alpha value is -3.15. The van der Waals surface area contributed by atoms with Gasteiger partial charge in [0.25, 0.3) is 5.91 Å². The lowest BCUT2D eigenvalue weighted by Crippen LogP contribution is -2.51. The van der Waals surface area contributed by atoms with Gasteiger partial charge in [0.1, 0.15) is 11.5 Å². The number of para-hydroxylation sites is 1. The lowest BCUT2D eigenvalue weighted by molar-refractivity contribution is -0.122. The predicted octanol–water partition coefficient (Wildman–Crippen LogP) is 3.43. The van der Waals surface area contributed by atoms with Crippen molar-refractivity contribution in [3.63, 3.8) is 0 Å². The van der Waals surface area contributed by atoms with Gasteiger partial charge in [-0.15, -0.1) is 0 Å². The SMILES string of the molecule is O=C(c1cc2cc(F)ccc2[nH]1)N1CCCC2(C1)C(=O)Nc1ccccc12. The van der Waals surface area contributed by atoms with Crippen LogP contribution in [0.2, 0.25) is 0 Å². The summed E-state index contributed by atoms with van der Waals surface area (Å²) in [5.74, 6) is -0.542. The van der Waals surface area contributed by atoms with Crippen LogP contribution in [-0.4, -0.2) is 34.8 Å². The standard InChI is InChI=1S/C21H18FN3O2/c22-14-6-7-16-13(10-14)11-18(23-16)19(26)25-9-3-8-21(12-25)15-4-1-2-5-17(15)24-20(21)27/h1-2,4-7,10-11,23H,3,8-9,12H2,(H,24,27). The molecule has 2 aromatic carbocycles. The van der Waals surface area contributed by atoms with Crippen LogP contribution in [-0.2, 0) is 10.2 Å². The number of halogens is 1. The number of H-pyrrole nitrogens is 1. The number of piperidine rings is 1. The van der Waals surface area contributed by atoms with E-state index in [4.69, 9.17) is 0 Å². The van der Waals surface area contributed by atoms with Crippen molar-refractivity contribution in [2.75, 3.05) is 18.4 Å². The van der Waals surface area contributed by atoms with Crippen molar-refractivity contribution in [1.29, 1.82) is 0 Å². The first-order chi connectivity index (χ1) is 13.1. The van der Waals surface area contributed by atoms with Crippen molar-refractivity contribution in [2.24, 2.45) is 0 Å². The fourth-order valence-electron chi connectivity index (χ4n) is 4.40. The Bertz CT molecular complexity index is 1090. The monoisotopic (exact) mass is 363 g/mol. The lowest BCUT2D eigenvalue weighted by atomic mass is 9.75. The molecule has 2 aliphatic heterocycles.